The van der Waals surface area contributed by atoms with Crippen LogP contribution in [0.25, 0.3) is 5.76 Å². The number of anilines is 1. The van der Waals surface area contributed by atoms with Crippen molar-refractivity contribution < 1.29 is 19.4 Å². The summed E-state index contributed by atoms with van der Waals surface area (Å²) in [6.45, 7) is 3.96. The molecule has 3 aromatic rings. The monoisotopic (exact) mass is 418 g/mol. The van der Waals surface area contributed by atoms with Gasteiger partial charge in [-0.05, 0) is 17.7 Å². The first-order valence-corrected chi connectivity index (χ1v) is 10.1. The number of carbonyl (C=O) groups is 2. The second-order valence-electron chi connectivity index (χ2n) is 6.52. The molecule has 6 nitrogen and oxygen atoms in total. The van der Waals surface area contributed by atoms with Gasteiger partial charge in [-0.1, -0.05) is 55.1 Å². The van der Waals surface area contributed by atoms with Gasteiger partial charge in [-0.3, -0.25) is 14.5 Å². The number of Topliss-reactive ketones (excluding diaryl/α,β-unsaturated/α-hetero) is 1. The van der Waals surface area contributed by atoms with Gasteiger partial charge in [-0.15, -0.1) is 11.3 Å². The Labute approximate surface area is 177 Å². The lowest BCUT2D eigenvalue weighted by atomic mass is 9.95. The lowest BCUT2D eigenvalue weighted by Crippen LogP contribution is -2.29. The Bertz CT molecular complexity index is 1120. The molecular formula is C23H18N2O4S. The topological polar surface area (TPSA) is 79.7 Å². The normalized spacial score (nSPS) is 17.9. The van der Waals surface area contributed by atoms with E-state index in [0.29, 0.717) is 28.6 Å². The highest BCUT2D eigenvalue weighted by Gasteiger charge is 2.48. The van der Waals surface area contributed by atoms with Gasteiger partial charge in [-0.25, -0.2) is 4.98 Å². The molecule has 1 atom stereocenters. The summed E-state index contributed by atoms with van der Waals surface area (Å²) < 4.78 is 5.62. The van der Waals surface area contributed by atoms with Crippen LogP contribution in [0.1, 0.15) is 17.2 Å². The van der Waals surface area contributed by atoms with Gasteiger partial charge in [0.05, 0.1) is 11.6 Å². The van der Waals surface area contributed by atoms with E-state index in [2.05, 4.69) is 11.6 Å². The van der Waals surface area contributed by atoms with Crippen molar-refractivity contribution in [2.45, 2.75) is 6.04 Å². The Balaban J connectivity index is 1.90. The van der Waals surface area contributed by atoms with E-state index in [0.717, 1.165) is 0 Å². The SMILES string of the molecule is C=CCOc1cccc(C2C(=C(O)c3ccccc3)C(=O)C(=O)N2c2nccs2)c1. The molecule has 1 saturated heterocycles. The van der Waals surface area contributed by atoms with Crippen LogP contribution in [0.3, 0.4) is 0 Å². The summed E-state index contributed by atoms with van der Waals surface area (Å²) >= 11 is 1.25. The van der Waals surface area contributed by atoms with Crippen molar-refractivity contribution in [3.63, 3.8) is 0 Å². The highest BCUT2D eigenvalue weighted by atomic mass is 32.1. The predicted molar refractivity (Wildman–Crippen MR) is 115 cm³/mol. The molecule has 0 radical (unpaired) electrons. The van der Waals surface area contributed by atoms with E-state index in [1.165, 1.54) is 16.2 Å². The van der Waals surface area contributed by atoms with Gasteiger partial charge in [0.25, 0.3) is 5.78 Å². The highest BCUT2D eigenvalue weighted by Crippen LogP contribution is 2.43. The zero-order valence-electron chi connectivity index (χ0n) is 15.9. The van der Waals surface area contributed by atoms with E-state index in [1.54, 1.807) is 66.2 Å². The van der Waals surface area contributed by atoms with Crippen LogP contribution in [0.2, 0.25) is 0 Å². The standard InChI is InChI=1S/C23H18N2O4S/c1-2-12-29-17-10-6-9-16(14-17)19-18(20(26)15-7-4-3-5-8-15)21(27)22(28)25(19)23-24-11-13-30-23/h2-11,13-14,19,26H,1,12H2. The summed E-state index contributed by atoms with van der Waals surface area (Å²) in [5.41, 5.74) is 1.10. The zero-order chi connectivity index (χ0) is 21.1. The third-order valence-electron chi connectivity index (χ3n) is 4.66. The van der Waals surface area contributed by atoms with E-state index in [-0.39, 0.29) is 11.3 Å². The first-order chi connectivity index (χ1) is 14.6. The third kappa shape index (κ3) is 3.51. The molecule has 1 N–H and O–H groups in total. The molecular weight excluding hydrogens is 400 g/mol. The van der Waals surface area contributed by atoms with E-state index in [9.17, 15) is 14.7 Å². The number of amides is 1. The molecule has 2 heterocycles. The summed E-state index contributed by atoms with van der Waals surface area (Å²) in [6.07, 6.45) is 3.20. The van der Waals surface area contributed by atoms with Gasteiger partial charge in [-0.2, -0.15) is 0 Å². The average Bonchev–Trinajstić information content (AvgIpc) is 3.39. The molecule has 1 aromatic heterocycles. The number of aliphatic hydroxyl groups excluding tert-OH is 1. The molecule has 1 aliphatic rings. The van der Waals surface area contributed by atoms with Crippen molar-refractivity contribution in [3.05, 3.63) is 95.5 Å². The predicted octanol–water partition coefficient (Wildman–Crippen LogP) is 4.33. The molecule has 30 heavy (non-hydrogen) atoms. The molecule has 0 saturated carbocycles. The van der Waals surface area contributed by atoms with Crippen molar-refractivity contribution in [2.24, 2.45) is 0 Å². The van der Waals surface area contributed by atoms with Gasteiger partial charge < -0.3 is 9.84 Å². The number of ketones is 1. The Hall–Kier alpha value is -3.71. The van der Waals surface area contributed by atoms with Crippen LogP contribution in [0.15, 0.2) is 84.4 Å². The minimum Gasteiger partial charge on any atom is -0.507 e. The first-order valence-electron chi connectivity index (χ1n) is 9.21. The molecule has 150 valence electrons. The maximum absolute atomic E-state index is 13.0. The number of aliphatic hydroxyl groups is 1. The molecule has 1 fully saturated rings. The van der Waals surface area contributed by atoms with Gasteiger partial charge in [0.15, 0.2) is 5.13 Å². The molecule has 7 heteroatoms. The van der Waals surface area contributed by atoms with Gasteiger partial charge in [0.2, 0.25) is 0 Å². The molecule has 4 rings (SSSR count). The Kier molecular flexibility index (Phi) is 5.45. The number of hydrogen-bond acceptors (Lipinski definition) is 6. The van der Waals surface area contributed by atoms with Crippen LogP contribution in [-0.4, -0.2) is 28.4 Å². The summed E-state index contributed by atoms with van der Waals surface area (Å²) in [6, 6.07) is 15.0. The summed E-state index contributed by atoms with van der Waals surface area (Å²) in [5, 5.41) is 13.1. The van der Waals surface area contributed by atoms with Crippen LogP contribution in [0, 0.1) is 0 Å². The second kappa shape index (κ2) is 8.34. The number of carbonyl (C=O) groups excluding carboxylic acids is 2. The van der Waals surface area contributed by atoms with Crippen molar-refractivity contribution in [1.29, 1.82) is 0 Å². The van der Waals surface area contributed by atoms with Crippen LogP contribution in [0.5, 0.6) is 5.75 Å². The third-order valence-corrected chi connectivity index (χ3v) is 5.43. The number of aromatic nitrogens is 1. The van der Waals surface area contributed by atoms with E-state index < -0.39 is 17.7 Å². The number of rotatable bonds is 6. The van der Waals surface area contributed by atoms with Crippen molar-refractivity contribution in [2.75, 3.05) is 11.5 Å². The fourth-order valence-corrected chi connectivity index (χ4v) is 4.03. The second-order valence-corrected chi connectivity index (χ2v) is 7.39. The lowest BCUT2D eigenvalue weighted by Gasteiger charge is -2.23. The molecule has 1 aliphatic heterocycles. The fourth-order valence-electron chi connectivity index (χ4n) is 3.36. The van der Waals surface area contributed by atoms with Crippen LogP contribution < -0.4 is 9.64 Å². The molecule has 0 bridgehead atoms. The molecule has 2 aromatic carbocycles. The first kappa shape index (κ1) is 19.6. The average molecular weight is 418 g/mol. The maximum Gasteiger partial charge on any atom is 0.301 e. The van der Waals surface area contributed by atoms with Crippen LogP contribution in [0.4, 0.5) is 5.13 Å². The smallest absolute Gasteiger partial charge is 0.301 e. The fraction of sp³-hybridized carbons (Fsp3) is 0.0870. The quantitative estimate of drug-likeness (QED) is 0.279. The Morgan fingerprint density at radius 3 is 2.70 bits per heavy atom. The van der Waals surface area contributed by atoms with Gasteiger partial charge in [0, 0.05) is 17.1 Å². The molecule has 0 aliphatic carbocycles. The maximum atomic E-state index is 13.0. The Morgan fingerprint density at radius 2 is 2.00 bits per heavy atom. The van der Waals surface area contributed by atoms with Crippen molar-refractivity contribution in [1.82, 2.24) is 4.98 Å². The molecule has 0 spiro atoms. The van der Waals surface area contributed by atoms with E-state index in [1.807, 2.05) is 6.07 Å². The van der Waals surface area contributed by atoms with Gasteiger partial charge in [0.1, 0.15) is 18.1 Å². The van der Waals surface area contributed by atoms with Gasteiger partial charge >= 0.3 is 5.91 Å². The number of benzene rings is 2. The zero-order valence-corrected chi connectivity index (χ0v) is 16.7. The number of nitrogens with zero attached hydrogens (tertiary/aromatic N) is 2. The highest BCUT2D eigenvalue weighted by molar-refractivity contribution is 7.14. The minimum atomic E-state index is -0.830. The van der Waals surface area contributed by atoms with Crippen LogP contribution >= 0.6 is 11.3 Å². The minimum absolute atomic E-state index is 0.0160. The largest absolute Gasteiger partial charge is 0.507 e. The summed E-state index contributed by atoms with van der Waals surface area (Å²) in [5.74, 6) is -1.15. The van der Waals surface area contributed by atoms with E-state index in [4.69, 9.17) is 4.74 Å². The number of ether oxygens (including phenoxy) is 1. The lowest BCUT2D eigenvalue weighted by molar-refractivity contribution is -0.132. The Morgan fingerprint density at radius 1 is 1.20 bits per heavy atom. The number of hydrogen-bond donors (Lipinski definition) is 1. The molecule has 1 unspecified atom stereocenters. The molecule has 1 amide bonds. The van der Waals surface area contributed by atoms with Crippen molar-refractivity contribution >= 4 is 33.9 Å². The number of thiazole rings is 1. The summed E-state index contributed by atoms with van der Waals surface area (Å²) in [4.78, 5) is 31.5. The van der Waals surface area contributed by atoms with Crippen LogP contribution in [-0.2, 0) is 9.59 Å². The van der Waals surface area contributed by atoms with E-state index >= 15 is 0 Å². The van der Waals surface area contributed by atoms with Crippen molar-refractivity contribution in [3.8, 4) is 5.75 Å². The summed E-state index contributed by atoms with van der Waals surface area (Å²) in [7, 11) is 0.